The van der Waals surface area contributed by atoms with Crippen molar-refractivity contribution < 1.29 is 9.59 Å². The van der Waals surface area contributed by atoms with Crippen molar-refractivity contribution in [3.8, 4) is 11.1 Å². The van der Waals surface area contributed by atoms with Crippen molar-refractivity contribution in [3.63, 3.8) is 0 Å². The first kappa shape index (κ1) is 21.2. The van der Waals surface area contributed by atoms with Crippen LogP contribution in [0.2, 0.25) is 0 Å². The smallest absolute Gasteiger partial charge is 0.321 e. The number of benzene rings is 3. The van der Waals surface area contributed by atoms with Gasteiger partial charge < -0.3 is 20.4 Å². The molecule has 1 unspecified atom stereocenters. The summed E-state index contributed by atoms with van der Waals surface area (Å²) < 4.78 is 0. The molecule has 3 aliphatic rings. The van der Waals surface area contributed by atoms with Gasteiger partial charge in [-0.3, -0.25) is 4.79 Å². The second-order valence-electron chi connectivity index (χ2n) is 9.01. The molecule has 3 aromatic carbocycles. The highest BCUT2D eigenvalue weighted by molar-refractivity contribution is 5.94. The lowest BCUT2D eigenvalue weighted by atomic mass is 9.74. The van der Waals surface area contributed by atoms with Gasteiger partial charge in [-0.25, -0.2) is 4.79 Å². The van der Waals surface area contributed by atoms with E-state index in [9.17, 15) is 9.59 Å². The predicted molar refractivity (Wildman–Crippen MR) is 130 cm³/mol. The van der Waals surface area contributed by atoms with Gasteiger partial charge in [0.05, 0.1) is 0 Å². The van der Waals surface area contributed by atoms with Gasteiger partial charge in [-0.2, -0.15) is 0 Å². The molecule has 168 valence electrons. The molecular weight excluding hydrogens is 412 g/mol. The summed E-state index contributed by atoms with van der Waals surface area (Å²) in [5.41, 5.74) is 5.03. The summed E-state index contributed by atoms with van der Waals surface area (Å²) in [5, 5.41) is 6.58. The SMILES string of the molecule is CN(C)C(=O)c1ccc(-c2ccc(C3[C@@H]4CN(C(=O)Nc5ccccc5)C[C@H]3N4)cc2)cc1. The Balaban J connectivity index is 1.22. The molecule has 6 heteroatoms. The summed E-state index contributed by atoms with van der Waals surface area (Å²) in [7, 11) is 3.52. The van der Waals surface area contributed by atoms with Gasteiger partial charge in [-0.05, 0) is 41.0 Å². The van der Waals surface area contributed by atoms with E-state index in [0.29, 0.717) is 24.6 Å². The average Bonchev–Trinajstić information content (AvgIpc) is 2.85. The number of nitrogens with one attached hydrogen (secondary N) is 2. The highest BCUT2D eigenvalue weighted by Gasteiger charge is 2.48. The van der Waals surface area contributed by atoms with Crippen LogP contribution in [0.1, 0.15) is 21.8 Å². The maximum atomic E-state index is 12.6. The highest BCUT2D eigenvalue weighted by atomic mass is 16.2. The van der Waals surface area contributed by atoms with Gasteiger partial charge in [0.25, 0.3) is 5.91 Å². The lowest BCUT2D eigenvalue weighted by molar-refractivity contribution is 0.0759. The van der Waals surface area contributed by atoms with E-state index in [0.717, 1.165) is 16.8 Å². The van der Waals surface area contributed by atoms with E-state index in [4.69, 9.17) is 0 Å². The fraction of sp³-hybridized carbons (Fsp3) is 0.259. The van der Waals surface area contributed by atoms with E-state index in [1.807, 2.05) is 59.5 Å². The van der Waals surface area contributed by atoms with Crippen LogP contribution in [0, 0.1) is 0 Å². The highest BCUT2D eigenvalue weighted by Crippen LogP contribution is 2.37. The summed E-state index contributed by atoms with van der Waals surface area (Å²) in [5.74, 6) is 0.423. The summed E-state index contributed by atoms with van der Waals surface area (Å²) >= 11 is 0. The monoisotopic (exact) mass is 440 g/mol. The van der Waals surface area contributed by atoms with Crippen LogP contribution >= 0.6 is 0 Å². The average molecular weight is 441 g/mol. The lowest BCUT2D eigenvalue weighted by Gasteiger charge is -2.54. The van der Waals surface area contributed by atoms with Gasteiger partial charge in [0.15, 0.2) is 0 Å². The molecule has 2 bridgehead atoms. The van der Waals surface area contributed by atoms with Gasteiger partial charge in [0.2, 0.25) is 0 Å². The van der Waals surface area contributed by atoms with Crippen LogP contribution in [0.3, 0.4) is 0 Å². The third kappa shape index (κ3) is 4.22. The van der Waals surface area contributed by atoms with Gasteiger partial charge in [-0.15, -0.1) is 0 Å². The molecule has 0 spiro atoms. The number of piperazine rings is 1. The van der Waals surface area contributed by atoms with E-state index in [1.54, 1.807) is 19.0 Å². The van der Waals surface area contributed by atoms with Crippen molar-refractivity contribution in [3.05, 3.63) is 90.0 Å². The first-order valence-electron chi connectivity index (χ1n) is 11.3. The second-order valence-corrected chi connectivity index (χ2v) is 9.01. The summed E-state index contributed by atoms with van der Waals surface area (Å²) in [6.45, 7) is 1.39. The van der Waals surface area contributed by atoms with Gasteiger partial charge >= 0.3 is 6.03 Å². The molecule has 0 aliphatic carbocycles. The second kappa shape index (κ2) is 8.71. The van der Waals surface area contributed by atoms with E-state index < -0.39 is 0 Å². The molecule has 0 aromatic heterocycles. The lowest BCUT2D eigenvalue weighted by Crippen LogP contribution is -2.72. The van der Waals surface area contributed by atoms with Gasteiger partial charge in [-0.1, -0.05) is 54.6 Å². The number of para-hydroxylation sites is 1. The van der Waals surface area contributed by atoms with E-state index in [1.165, 1.54) is 5.56 Å². The van der Waals surface area contributed by atoms with Crippen molar-refractivity contribution in [2.75, 3.05) is 32.5 Å². The third-order valence-electron chi connectivity index (χ3n) is 6.61. The molecular formula is C27H28N4O2. The predicted octanol–water partition coefficient (Wildman–Crippen LogP) is 4.03. The number of urea groups is 1. The maximum absolute atomic E-state index is 12.6. The molecule has 6 nitrogen and oxygen atoms in total. The molecule has 3 aliphatic heterocycles. The molecule has 2 N–H and O–H groups in total. The van der Waals surface area contributed by atoms with Crippen molar-refractivity contribution in [1.82, 2.24) is 15.1 Å². The quantitative estimate of drug-likeness (QED) is 0.644. The van der Waals surface area contributed by atoms with E-state index in [-0.39, 0.29) is 24.0 Å². The molecule has 3 heterocycles. The molecule has 3 aromatic rings. The molecule has 6 rings (SSSR count). The number of hydrogen-bond donors (Lipinski definition) is 2. The third-order valence-corrected chi connectivity index (χ3v) is 6.61. The Labute approximate surface area is 194 Å². The first-order chi connectivity index (χ1) is 16.0. The van der Waals surface area contributed by atoms with Crippen LogP contribution in [0.4, 0.5) is 10.5 Å². The summed E-state index contributed by atoms with van der Waals surface area (Å²) in [4.78, 5) is 28.2. The van der Waals surface area contributed by atoms with Crippen LogP contribution in [0.5, 0.6) is 0 Å². The summed E-state index contributed by atoms with van der Waals surface area (Å²) in [6, 6.07) is 26.5. The number of hydrogen-bond acceptors (Lipinski definition) is 3. The number of fused-ring (bicyclic) bond motifs is 2. The topological polar surface area (TPSA) is 64.7 Å². The Morgan fingerprint density at radius 1 is 0.848 bits per heavy atom. The minimum atomic E-state index is -0.0392. The Morgan fingerprint density at radius 3 is 2.00 bits per heavy atom. The number of carbonyl (C=O) groups excluding carboxylic acids is 2. The molecule has 0 radical (unpaired) electrons. The van der Waals surface area contributed by atoms with Crippen LogP contribution in [0.25, 0.3) is 11.1 Å². The van der Waals surface area contributed by atoms with Crippen molar-refractivity contribution in [2.24, 2.45) is 0 Å². The van der Waals surface area contributed by atoms with Crippen molar-refractivity contribution in [2.45, 2.75) is 18.0 Å². The fourth-order valence-electron chi connectivity index (χ4n) is 4.84. The largest absolute Gasteiger partial charge is 0.345 e. The van der Waals surface area contributed by atoms with Crippen LogP contribution < -0.4 is 10.6 Å². The maximum Gasteiger partial charge on any atom is 0.321 e. The molecule has 3 amide bonds. The number of nitrogens with zero attached hydrogens (tertiary/aromatic N) is 2. The standard InChI is InChI=1S/C27H28N4O2/c1-30(2)26(32)21-14-10-19(11-15-21)18-8-12-20(13-9-18)25-23-16-31(17-24(25)29-23)27(33)28-22-6-4-3-5-7-22/h3-15,23-25,29H,16-17H2,1-2H3,(H,28,33)/t23-,24+,25?. The molecule has 33 heavy (non-hydrogen) atoms. The number of rotatable bonds is 4. The zero-order valence-electron chi connectivity index (χ0n) is 18.9. The molecule has 3 atom stereocenters. The summed E-state index contributed by atoms with van der Waals surface area (Å²) in [6.07, 6.45) is 0. The number of piperidine rings is 1. The first-order valence-corrected chi connectivity index (χ1v) is 11.3. The number of anilines is 1. The zero-order valence-corrected chi connectivity index (χ0v) is 18.9. The minimum Gasteiger partial charge on any atom is -0.345 e. The molecule has 3 fully saturated rings. The van der Waals surface area contributed by atoms with Crippen LogP contribution in [0.15, 0.2) is 78.9 Å². The minimum absolute atomic E-state index is 0.00687. The van der Waals surface area contributed by atoms with Gasteiger partial charge in [0, 0.05) is 56.4 Å². The Kier molecular flexibility index (Phi) is 5.60. The van der Waals surface area contributed by atoms with E-state index in [2.05, 4.69) is 34.9 Å². The van der Waals surface area contributed by atoms with Gasteiger partial charge in [0.1, 0.15) is 0 Å². The van der Waals surface area contributed by atoms with E-state index >= 15 is 0 Å². The Bertz CT molecular complexity index is 1130. The zero-order chi connectivity index (χ0) is 22.9. The number of amides is 3. The fourth-order valence-corrected chi connectivity index (χ4v) is 4.84. The normalized spacial score (nSPS) is 21.2. The Morgan fingerprint density at radius 2 is 1.42 bits per heavy atom. The number of carbonyl (C=O) groups is 2. The van der Waals surface area contributed by atoms with Crippen LogP contribution in [-0.2, 0) is 0 Å². The Hall–Kier alpha value is -3.64. The van der Waals surface area contributed by atoms with Crippen molar-refractivity contribution >= 4 is 17.6 Å². The van der Waals surface area contributed by atoms with Crippen LogP contribution in [-0.4, -0.2) is 61.0 Å². The van der Waals surface area contributed by atoms with Crippen molar-refractivity contribution in [1.29, 1.82) is 0 Å². The molecule has 0 saturated carbocycles. The molecule has 3 saturated heterocycles.